The normalized spacial score (nSPS) is 12.2. The Kier molecular flexibility index (Phi) is 2.95. The lowest BCUT2D eigenvalue weighted by atomic mass is 10.1. The van der Waals surface area contributed by atoms with Crippen LogP contribution in [0.25, 0.3) is 0 Å². The van der Waals surface area contributed by atoms with E-state index in [4.69, 9.17) is 9.47 Å². The largest absolute Gasteiger partial charge is 0.478 e. The van der Waals surface area contributed by atoms with Crippen LogP contribution in [0.3, 0.4) is 0 Å². The lowest BCUT2D eigenvalue weighted by molar-refractivity contribution is 0.0698. The second-order valence-electron chi connectivity index (χ2n) is 4.55. The van der Waals surface area contributed by atoms with E-state index in [9.17, 15) is 9.90 Å². The molecule has 1 aliphatic rings. The van der Waals surface area contributed by atoms with E-state index in [2.05, 4.69) is 5.32 Å². The summed E-state index contributed by atoms with van der Waals surface area (Å²) in [5.74, 6) is 0.381. The van der Waals surface area contributed by atoms with Gasteiger partial charge in [-0.15, -0.1) is 0 Å². The summed E-state index contributed by atoms with van der Waals surface area (Å²) in [6.07, 6.45) is 0. The Bertz CT molecular complexity index is 682. The first kappa shape index (κ1) is 12.3. The second-order valence-corrected chi connectivity index (χ2v) is 4.55. The average Bonchev–Trinajstić information content (AvgIpc) is 2.85. The number of rotatable bonds is 3. The topological polar surface area (TPSA) is 67.8 Å². The van der Waals surface area contributed by atoms with Crippen LogP contribution in [0.1, 0.15) is 15.9 Å². The maximum atomic E-state index is 11.2. The zero-order chi connectivity index (χ0) is 14.1. The van der Waals surface area contributed by atoms with Crippen LogP contribution in [-0.4, -0.2) is 17.9 Å². The van der Waals surface area contributed by atoms with Gasteiger partial charge < -0.3 is 19.9 Å². The van der Waals surface area contributed by atoms with E-state index >= 15 is 0 Å². The molecular formula is C15H13NO4. The summed E-state index contributed by atoms with van der Waals surface area (Å²) in [5.41, 5.74) is 2.52. The van der Waals surface area contributed by atoms with Crippen molar-refractivity contribution in [1.82, 2.24) is 0 Å². The fourth-order valence-corrected chi connectivity index (χ4v) is 2.08. The molecule has 0 amide bonds. The number of carbonyl (C=O) groups is 1. The zero-order valence-electron chi connectivity index (χ0n) is 10.8. The Morgan fingerprint density at radius 3 is 2.75 bits per heavy atom. The number of hydrogen-bond acceptors (Lipinski definition) is 4. The van der Waals surface area contributed by atoms with Crippen LogP contribution < -0.4 is 14.8 Å². The van der Waals surface area contributed by atoms with E-state index in [0.29, 0.717) is 17.2 Å². The molecule has 0 bridgehead atoms. The van der Waals surface area contributed by atoms with Gasteiger partial charge >= 0.3 is 5.97 Å². The molecule has 2 N–H and O–H groups in total. The summed E-state index contributed by atoms with van der Waals surface area (Å²) in [5, 5.41) is 12.3. The van der Waals surface area contributed by atoms with Gasteiger partial charge in [0.2, 0.25) is 6.79 Å². The molecule has 0 aromatic heterocycles. The van der Waals surface area contributed by atoms with Gasteiger partial charge in [0.05, 0.1) is 11.3 Å². The van der Waals surface area contributed by atoms with Crippen molar-refractivity contribution in [2.45, 2.75) is 6.92 Å². The number of aromatic carboxylic acids is 1. The third-order valence-corrected chi connectivity index (χ3v) is 3.06. The van der Waals surface area contributed by atoms with Crippen molar-refractivity contribution >= 4 is 17.3 Å². The number of ether oxygens (including phenoxy) is 2. The second kappa shape index (κ2) is 4.77. The third-order valence-electron chi connectivity index (χ3n) is 3.06. The molecule has 5 nitrogen and oxygen atoms in total. The van der Waals surface area contributed by atoms with Gasteiger partial charge in [0, 0.05) is 11.8 Å². The highest BCUT2D eigenvalue weighted by Gasteiger charge is 2.15. The van der Waals surface area contributed by atoms with Gasteiger partial charge in [-0.25, -0.2) is 4.79 Å². The predicted molar refractivity (Wildman–Crippen MR) is 74.0 cm³/mol. The molecule has 0 aliphatic carbocycles. The molecule has 3 rings (SSSR count). The Balaban J connectivity index is 1.95. The molecule has 0 unspecified atom stereocenters. The summed E-state index contributed by atoms with van der Waals surface area (Å²) in [4.78, 5) is 11.2. The Labute approximate surface area is 115 Å². The number of carboxylic acid groups (broad SMARTS) is 1. The number of aryl methyl sites for hydroxylation is 1. The van der Waals surface area contributed by atoms with Crippen LogP contribution in [0, 0.1) is 6.92 Å². The van der Waals surface area contributed by atoms with E-state index in [-0.39, 0.29) is 12.4 Å². The molecule has 2 aromatic carbocycles. The molecule has 5 heteroatoms. The van der Waals surface area contributed by atoms with Crippen molar-refractivity contribution in [3.05, 3.63) is 47.5 Å². The summed E-state index contributed by atoms with van der Waals surface area (Å²) < 4.78 is 10.5. The monoisotopic (exact) mass is 271 g/mol. The molecule has 0 fully saturated rings. The van der Waals surface area contributed by atoms with Crippen molar-refractivity contribution in [1.29, 1.82) is 0 Å². The third kappa shape index (κ3) is 2.25. The number of carboxylic acids is 1. The van der Waals surface area contributed by atoms with Crippen LogP contribution in [0.4, 0.5) is 11.4 Å². The van der Waals surface area contributed by atoms with Gasteiger partial charge in [0.15, 0.2) is 11.5 Å². The Morgan fingerprint density at radius 1 is 1.15 bits per heavy atom. The van der Waals surface area contributed by atoms with Crippen molar-refractivity contribution in [2.24, 2.45) is 0 Å². The smallest absolute Gasteiger partial charge is 0.337 e. The van der Waals surface area contributed by atoms with E-state index in [1.807, 2.05) is 13.0 Å². The van der Waals surface area contributed by atoms with Crippen LogP contribution in [0.5, 0.6) is 11.5 Å². The number of anilines is 2. The minimum Gasteiger partial charge on any atom is -0.478 e. The molecule has 102 valence electrons. The fourth-order valence-electron chi connectivity index (χ4n) is 2.08. The fraction of sp³-hybridized carbons (Fsp3) is 0.133. The van der Waals surface area contributed by atoms with Crippen LogP contribution in [0.15, 0.2) is 36.4 Å². The first-order chi connectivity index (χ1) is 9.63. The molecule has 2 aromatic rings. The predicted octanol–water partition coefficient (Wildman–Crippen LogP) is 3.17. The van der Waals surface area contributed by atoms with E-state index in [1.54, 1.807) is 30.3 Å². The molecule has 20 heavy (non-hydrogen) atoms. The van der Waals surface area contributed by atoms with Crippen molar-refractivity contribution in [3.8, 4) is 11.5 Å². The first-order valence-electron chi connectivity index (χ1n) is 6.14. The van der Waals surface area contributed by atoms with Crippen molar-refractivity contribution in [3.63, 3.8) is 0 Å². The maximum Gasteiger partial charge on any atom is 0.337 e. The molecule has 1 heterocycles. The SMILES string of the molecule is Cc1ccc(C(=O)O)c(Nc2ccc3c(c2)OCO3)c1. The van der Waals surface area contributed by atoms with Gasteiger partial charge in [-0.1, -0.05) is 6.07 Å². The summed E-state index contributed by atoms with van der Waals surface area (Å²) >= 11 is 0. The van der Waals surface area contributed by atoms with Crippen LogP contribution >= 0.6 is 0 Å². The summed E-state index contributed by atoms with van der Waals surface area (Å²) in [6, 6.07) is 10.6. The first-order valence-corrected chi connectivity index (χ1v) is 6.14. The zero-order valence-corrected chi connectivity index (χ0v) is 10.8. The Morgan fingerprint density at radius 2 is 1.95 bits per heavy atom. The van der Waals surface area contributed by atoms with E-state index in [0.717, 1.165) is 11.3 Å². The summed E-state index contributed by atoms with van der Waals surface area (Å²) in [7, 11) is 0. The van der Waals surface area contributed by atoms with E-state index in [1.165, 1.54) is 0 Å². The Hall–Kier alpha value is -2.69. The number of nitrogens with one attached hydrogen (secondary N) is 1. The molecule has 1 aliphatic heterocycles. The lowest BCUT2D eigenvalue weighted by Crippen LogP contribution is -2.03. The molecular weight excluding hydrogens is 258 g/mol. The maximum absolute atomic E-state index is 11.2. The van der Waals surface area contributed by atoms with Gasteiger partial charge in [0.25, 0.3) is 0 Å². The lowest BCUT2D eigenvalue weighted by Gasteiger charge is -2.11. The van der Waals surface area contributed by atoms with Crippen molar-refractivity contribution in [2.75, 3.05) is 12.1 Å². The number of fused-ring (bicyclic) bond motifs is 1. The highest BCUT2D eigenvalue weighted by Crippen LogP contribution is 2.35. The highest BCUT2D eigenvalue weighted by molar-refractivity contribution is 5.95. The van der Waals surface area contributed by atoms with Gasteiger partial charge in [-0.3, -0.25) is 0 Å². The van der Waals surface area contributed by atoms with Crippen molar-refractivity contribution < 1.29 is 19.4 Å². The minimum atomic E-state index is -0.965. The number of benzene rings is 2. The average molecular weight is 271 g/mol. The van der Waals surface area contributed by atoms with E-state index < -0.39 is 5.97 Å². The van der Waals surface area contributed by atoms with Gasteiger partial charge in [-0.2, -0.15) is 0 Å². The van der Waals surface area contributed by atoms with Crippen LogP contribution in [0.2, 0.25) is 0 Å². The quantitative estimate of drug-likeness (QED) is 0.897. The minimum absolute atomic E-state index is 0.212. The standard InChI is InChI=1S/C15H13NO4/c1-9-2-4-11(15(17)18)12(6-9)16-10-3-5-13-14(7-10)20-8-19-13/h2-7,16H,8H2,1H3,(H,17,18). The molecule has 0 saturated carbocycles. The van der Waals surface area contributed by atoms with Gasteiger partial charge in [-0.05, 0) is 36.8 Å². The highest BCUT2D eigenvalue weighted by atomic mass is 16.7. The molecule has 0 radical (unpaired) electrons. The summed E-state index contributed by atoms with van der Waals surface area (Å²) in [6.45, 7) is 2.13. The van der Waals surface area contributed by atoms with Gasteiger partial charge in [0.1, 0.15) is 0 Å². The number of hydrogen-bond donors (Lipinski definition) is 2. The molecule has 0 atom stereocenters. The van der Waals surface area contributed by atoms with Crippen LogP contribution in [-0.2, 0) is 0 Å². The molecule has 0 spiro atoms. The molecule has 0 saturated heterocycles.